The normalized spacial score (nSPS) is 15.2. The number of rotatable bonds is 5. The van der Waals surface area contributed by atoms with Gasteiger partial charge in [-0.1, -0.05) is 18.2 Å². The van der Waals surface area contributed by atoms with Gasteiger partial charge in [-0.2, -0.15) is 0 Å². The number of benzene rings is 1. The largest absolute Gasteiger partial charge is 0.433 e. The van der Waals surface area contributed by atoms with Gasteiger partial charge in [-0.3, -0.25) is 14.9 Å². The molecule has 0 N–H and O–H groups in total. The smallest absolute Gasteiger partial charge is 0.395 e. The quantitative estimate of drug-likeness (QED) is 0.622. The summed E-state index contributed by atoms with van der Waals surface area (Å²) in [5, 5.41) is 10.7. The summed E-state index contributed by atoms with van der Waals surface area (Å²) in [5.41, 5.74) is 0.411. The molecule has 1 heterocycles. The SMILES string of the molecule is CC(c1ccccc1F)N(C(=O)c1ccc([N+](=O)[O-])o1)C1CC1. The number of carbonyl (C=O) groups is 1. The van der Waals surface area contributed by atoms with Crippen LogP contribution >= 0.6 is 0 Å². The van der Waals surface area contributed by atoms with E-state index in [1.54, 1.807) is 30.0 Å². The van der Waals surface area contributed by atoms with Crippen molar-refractivity contribution in [3.8, 4) is 0 Å². The highest BCUT2D eigenvalue weighted by molar-refractivity contribution is 5.92. The number of nitro groups is 1. The minimum absolute atomic E-state index is 0.00117. The molecule has 1 aliphatic rings. The number of halogens is 1. The molecule has 1 saturated carbocycles. The molecule has 1 unspecified atom stereocenters. The van der Waals surface area contributed by atoms with E-state index in [1.807, 2.05) is 0 Å². The summed E-state index contributed by atoms with van der Waals surface area (Å²) in [6, 6.07) is 8.22. The lowest BCUT2D eigenvalue weighted by Crippen LogP contribution is -2.35. The standard InChI is InChI=1S/C16H15FN2O4/c1-10(12-4-2-3-5-13(12)17)18(11-6-7-11)16(20)14-8-9-15(23-14)19(21)22/h2-5,8-11H,6-7H2,1H3. The van der Waals surface area contributed by atoms with Crippen LogP contribution < -0.4 is 0 Å². The van der Waals surface area contributed by atoms with Gasteiger partial charge in [0, 0.05) is 11.6 Å². The summed E-state index contributed by atoms with van der Waals surface area (Å²) >= 11 is 0. The third kappa shape index (κ3) is 2.94. The molecule has 1 aliphatic carbocycles. The van der Waals surface area contributed by atoms with E-state index in [9.17, 15) is 19.3 Å². The van der Waals surface area contributed by atoms with Gasteiger partial charge in [0.2, 0.25) is 0 Å². The topological polar surface area (TPSA) is 76.6 Å². The molecular formula is C16H15FN2O4. The van der Waals surface area contributed by atoms with Gasteiger partial charge in [0.15, 0.2) is 5.76 Å². The highest BCUT2D eigenvalue weighted by Crippen LogP contribution is 2.36. The van der Waals surface area contributed by atoms with Crippen molar-refractivity contribution >= 4 is 11.8 Å². The molecule has 1 atom stereocenters. The second kappa shape index (κ2) is 5.83. The second-order valence-corrected chi connectivity index (χ2v) is 5.54. The number of hydrogen-bond donors (Lipinski definition) is 0. The van der Waals surface area contributed by atoms with Crippen LogP contribution in [-0.2, 0) is 0 Å². The molecule has 1 amide bonds. The van der Waals surface area contributed by atoms with E-state index < -0.39 is 22.8 Å². The van der Waals surface area contributed by atoms with Crippen molar-refractivity contribution in [2.75, 3.05) is 0 Å². The molecule has 0 aliphatic heterocycles. The van der Waals surface area contributed by atoms with E-state index in [4.69, 9.17) is 4.42 Å². The van der Waals surface area contributed by atoms with E-state index in [-0.39, 0.29) is 17.6 Å². The third-order valence-electron chi connectivity index (χ3n) is 3.93. The van der Waals surface area contributed by atoms with Gasteiger partial charge in [-0.25, -0.2) is 4.39 Å². The van der Waals surface area contributed by atoms with Crippen LogP contribution in [-0.4, -0.2) is 21.8 Å². The van der Waals surface area contributed by atoms with Gasteiger partial charge in [0.25, 0.3) is 5.91 Å². The van der Waals surface area contributed by atoms with E-state index in [0.717, 1.165) is 18.9 Å². The van der Waals surface area contributed by atoms with E-state index in [0.29, 0.717) is 5.56 Å². The lowest BCUT2D eigenvalue weighted by molar-refractivity contribution is -0.402. The van der Waals surface area contributed by atoms with Crippen molar-refractivity contribution in [1.29, 1.82) is 0 Å². The molecule has 0 saturated heterocycles. The first-order valence-electron chi connectivity index (χ1n) is 7.30. The van der Waals surface area contributed by atoms with Gasteiger partial charge in [0.05, 0.1) is 12.1 Å². The first-order valence-corrected chi connectivity index (χ1v) is 7.30. The molecule has 120 valence electrons. The fraction of sp³-hybridized carbons (Fsp3) is 0.312. The Morgan fingerprint density at radius 1 is 1.35 bits per heavy atom. The average molecular weight is 318 g/mol. The molecule has 3 rings (SSSR count). The van der Waals surface area contributed by atoms with Crippen molar-refractivity contribution in [1.82, 2.24) is 4.90 Å². The molecule has 23 heavy (non-hydrogen) atoms. The minimum Gasteiger partial charge on any atom is -0.395 e. The molecule has 1 aromatic carbocycles. The first kappa shape index (κ1) is 15.2. The summed E-state index contributed by atoms with van der Waals surface area (Å²) in [6.45, 7) is 1.74. The first-order chi connectivity index (χ1) is 11.0. The van der Waals surface area contributed by atoms with Crippen LogP contribution in [0.3, 0.4) is 0 Å². The highest BCUT2D eigenvalue weighted by Gasteiger charge is 2.38. The van der Waals surface area contributed by atoms with Crippen LogP contribution in [0.25, 0.3) is 0 Å². The zero-order valence-corrected chi connectivity index (χ0v) is 12.4. The number of nitrogens with zero attached hydrogens (tertiary/aromatic N) is 2. The van der Waals surface area contributed by atoms with Crippen LogP contribution in [0.15, 0.2) is 40.8 Å². The van der Waals surface area contributed by atoms with Crippen LogP contribution in [0.4, 0.5) is 10.3 Å². The van der Waals surface area contributed by atoms with E-state index >= 15 is 0 Å². The summed E-state index contributed by atoms with van der Waals surface area (Å²) in [7, 11) is 0. The zero-order valence-electron chi connectivity index (χ0n) is 12.4. The predicted octanol–water partition coefficient (Wildman–Crippen LogP) is 3.69. The summed E-state index contributed by atoms with van der Waals surface area (Å²) < 4.78 is 19.0. The van der Waals surface area contributed by atoms with E-state index in [1.165, 1.54) is 12.1 Å². The van der Waals surface area contributed by atoms with Crippen LogP contribution in [0, 0.1) is 15.9 Å². The Kier molecular flexibility index (Phi) is 3.85. The molecule has 1 fully saturated rings. The highest BCUT2D eigenvalue weighted by atomic mass is 19.1. The van der Waals surface area contributed by atoms with Crippen LogP contribution in [0.5, 0.6) is 0 Å². The predicted molar refractivity (Wildman–Crippen MR) is 79.4 cm³/mol. The van der Waals surface area contributed by atoms with Gasteiger partial charge in [-0.05, 0) is 31.9 Å². The number of amides is 1. The molecule has 0 spiro atoms. The van der Waals surface area contributed by atoms with Crippen molar-refractivity contribution in [3.05, 3.63) is 63.7 Å². The lowest BCUT2D eigenvalue weighted by Gasteiger charge is -2.29. The fourth-order valence-electron chi connectivity index (χ4n) is 2.64. The van der Waals surface area contributed by atoms with Gasteiger partial charge in [-0.15, -0.1) is 0 Å². The lowest BCUT2D eigenvalue weighted by atomic mass is 10.1. The Morgan fingerprint density at radius 3 is 2.61 bits per heavy atom. The van der Waals surface area contributed by atoms with Crippen molar-refractivity contribution in [2.24, 2.45) is 0 Å². The Hall–Kier alpha value is -2.70. The van der Waals surface area contributed by atoms with Crippen LogP contribution in [0.1, 0.15) is 41.9 Å². The summed E-state index contributed by atoms with van der Waals surface area (Å²) in [5.74, 6) is -1.44. The zero-order chi connectivity index (χ0) is 16.6. The van der Waals surface area contributed by atoms with Gasteiger partial charge >= 0.3 is 5.88 Å². The Morgan fingerprint density at radius 2 is 2.04 bits per heavy atom. The maximum Gasteiger partial charge on any atom is 0.433 e. The second-order valence-electron chi connectivity index (χ2n) is 5.54. The molecule has 7 heteroatoms. The Balaban J connectivity index is 1.90. The maximum absolute atomic E-state index is 14.0. The monoisotopic (exact) mass is 318 g/mol. The molecule has 2 aromatic rings. The van der Waals surface area contributed by atoms with E-state index in [2.05, 4.69) is 0 Å². The summed E-state index contributed by atoms with van der Waals surface area (Å²) in [6.07, 6.45) is 1.65. The molecule has 0 radical (unpaired) electrons. The van der Waals surface area contributed by atoms with Crippen molar-refractivity contribution in [3.63, 3.8) is 0 Å². The minimum atomic E-state index is -0.696. The number of furan rings is 1. The van der Waals surface area contributed by atoms with Crippen molar-refractivity contribution < 1.29 is 18.5 Å². The molecular weight excluding hydrogens is 303 g/mol. The average Bonchev–Trinajstić information content (AvgIpc) is 3.21. The fourth-order valence-corrected chi connectivity index (χ4v) is 2.64. The third-order valence-corrected chi connectivity index (χ3v) is 3.93. The number of hydrogen-bond acceptors (Lipinski definition) is 4. The van der Waals surface area contributed by atoms with Gasteiger partial charge < -0.3 is 9.32 Å². The molecule has 1 aromatic heterocycles. The van der Waals surface area contributed by atoms with Crippen molar-refractivity contribution in [2.45, 2.75) is 31.8 Å². The summed E-state index contributed by atoms with van der Waals surface area (Å²) in [4.78, 5) is 24.2. The Labute approximate surface area is 131 Å². The molecule has 0 bridgehead atoms. The van der Waals surface area contributed by atoms with Crippen LogP contribution in [0.2, 0.25) is 0 Å². The maximum atomic E-state index is 14.0. The van der Waals surface area contributed by atoms with Gasteiger partial charge in [0.1, 0.15) is 10.7 Å². The molecule has 6 nitrogen and oxygen atoms in total. The Bertz CT molecular complexity index is 754. The number of carbonyl (C=O) groups excluding carboxylic acids is 1.